The van der Waals surface area contributed by atoms with E-state index in [2.05, 4.69) is 4.98 Å². The Balaban J connectivity index is 2.46. The summed E-state index contributed by atoms with van der Waals surface area (Å²) in [5.74, 6) is -0.578. The SMILES string of the molecule is [2H]C[C@H]1C=C[C@@H](n2cc(C)c(=O)[nH]c2=O)[C@H](F)[C@@H]1O. The first kappa shape index (κ1) is 11.4. The van der Waals surface area contributed by atoms with Crippen molar-refractivity contribution >= 4 is 0 Å². The molecule has 0 amide bonds. The van der Waals surface area contributed by atoms with Crippen molar-refractivity contribution < 1.29 is 10.9 Å². The van der Waals surface area contributed by atoms with E-state index in [1.165, 1.54) is 25.3 Å². The maximum atomic E-state index is 14.1. The Kier molecular flexibility index (Phi) is 2.87. The number of aromatic nitrogens is 2. The highest BCUT2D eigenvalue weighted by Gasteiger charge is 2.34. The van der Waals surface area contributed by atoms with Gasteiger partial charge in [-0.1, -0.05) is 19.1 Å². The number of aromatic amines is 1. The van der Waals surface area contributed by atoms with E-state index in [0.717, 1.165) is 4.57 Å². The molecule has 0 unspecified atom stereocenters. The first-order valence-corrected chi connectivity index (χ1v) is 5.57. The normalized spacial score (nSPS) is 32.3. The van der Waals surface area contributed by atoms with E-state index in [4.69, 9.17) is 1.37 Å². The van der Waals surface area contributed by atoms with Gasteiger partial charge in [-0.2, -0.15) is 0 Å². The first-order chi connectivity index (χ1) is 8.95. The van der Waals surface area contributed by atoms with Gasteiger partial charge in [-0.3, -0.25) is 14.3 Å². The molecular formula is C12H15FN2O3. The number of nitrogens with zero attached hydrogens (tertiary/aromatic N) is 1. The van der Waals surface area contributed by atoms with E-state index in [1.54, 1.807) is 0 Å². The van der Waals surface area contributed by atoms with Crippen molar-refractivity contribution in [1.82, 2.24) is 9.55 Å². The molecule has 4 atom stereocenters. The van der Waals surface area contributed by atoms with E-state index in [0.29, 0.717) is 0 Å². The average Bonchev–Trinajstić information content (AvgIpc) is 2.37. The molecule has 1 aliphatic carbocycles. The van der Waals surface area contributed by atoms with Crippen LogP contribution in [0.25, 0.3) is 0 Å². The fourth-order valence-electron chi connectivity index (χ4n) is 1.97. The van der Waals surface area contributed by atoms with Crippen LogP contribution >= 0.6 is 0 Å². The highest BCUT2D eigenvalue weighted by Crippen LogP contribution is 2.28. The molecule has 0 saturated heterocycles. The van der Waals surface area contributed by atoms with Gasteiger partial charge in [0, 0.05) is 19.0 Å². The molecule has 5 nitrogen and oxygen atoms in total. The summed E-state index contributed by atoms with van der Waals surface area (Å²) < 4.78 is 22.4. The van der Waals surface area contributed by atoms with Crippen LogP contribution < -0.4 is 11.2 Å². The van der Waals surface area contributed by atoms with Gasteiger partial charge < -0.3 is 5.11 Å². The molecule has 0 radical (unpaired) electrons. The zero-order valence-electron chi connectivity index (χ0n) is 10.8. The number of H-pyrrole nitrogens is 1. The summed E-state index contributed by atoms with van der Waals surface area (Å²) in [5.41, 5.74) is -0.942. The van der Waals surface area contributed by atoms with Gasteiger partial charge >= 0.3 is 5.69 Å². The van der Waals surface area contributed by atoms with Crippen molar-refractivity contribution in [1.29, 1.82) is 0 Å². The number of alkyl halides is 1. The molecule has 2 rings (SSSR count). The van der Waals surface area contributed by atoms with Crippen LogP contribution in [0.5, 0.6) is 0 Å². The van der Waals surface area contributed by atoms with Gasteiger partial charge in [0.25, 0.3) is 5.56 Å². The predicted molar refractivity (Wildman–Crippen MR) is 64.3 cm³/mol. The molecule has 0 spiro atoms. The van der Waals surface area contributed by atoms with Gasteiger partial charge in [0.15, 0.2) is 6.17 Å². The maximum Gasteiger partial charge on any atom is 0.328 e. The number of nitrogens with one attached hydrogen (secondary N) is 1. The van der Waals surface area contributed by atoms with Crippen LogP contribution in [0.15, 0.2) is 27.9 Å². The molecule has 6 heteroatoms. The van der Waals surface area contributed by atoms with Gasteiger partial charge in [-0.15, -0.1) is 0 Å². The molecule has 1 aromatic rings. The molecule has 0 aromatic carbocycles. The van der Waals surface area contributed by atoms with E-state index in [1.807, 2.05) is 0 Å². The summed E-state index contributed by atoms with van der Waals surface area (Å²) in [5, 5.41) is 9.75. The number of halogens is 1. The predicted octanol–water partition coefficient (Wildman–Crippen LogP) is 0.291. The lowest BCUT2D eigenvalue weighted by Gasteiger charge is -2.30. The smallest absolute Gasteiger partial charge is 0.328 e. The molecular weight excluding hydrogens is 239 g/mol. The quantitative estimate of drug-likeness (QED) is 0.708. The third-order valence-corrected chi connectivity index (χ3v) is 3.11. The zero-order valence-corrected chi connectivity index (χ0v) is 9.84. The lowest BCUT2D eigenvalue weighted by molar-refractivity contribution is 0.0229. The minimum atomic E-state index is -1.69. The minimum Gasteiger partial charge on any atom is -0.389 e. The molecule has 0 saturated carbocycles. The number of hydrogen-bond acceptors (Lipinski definition) is 3. The van der Waals surface area contributed by atoms with Crippen LogP contribution in [-0.2, 0) is 0 Å². The Morgan fingerprint density at radius 3 is 2.89 bits per heavy atom. The summed E-state index contributed by atoms with van der Waals surface area (Å²) in [4.78, 5) is 25.0. The van der Waals surface area contributed by atoms with Crippen molar-refractivity contribution in [2.24, 2.45) is 5.92 Å². The van der Waals surface area contributed by atoms with Crippen LogP contribution in [0.1, 0.15) is 19.9 Å². The first-order valence-electron chi connectivity index (χ1n) is 6.28. The number of allylic oxidation sites excluding steroid dienone is 1. The second kappa shape index (κ2) is 4.53. The second-order valence-corrected chi connectivity index (χ2v) is 4.45. The van der Waals surface area contributed by atoms with Gasteiger partial charge in [0.1, 0.15) is 0 Å². The van der Waals surface area contributed by atoms with Gasteiger partial charge in [-0.25, -0.2) is 9.18 Å². The molecule has 98 valence electrons. The Labute approximate surface area is 104 Å². The van der Waals surface area contributed by atoms with Crippen LogP contribution in [0.4, 0.5) is 4.39 Å². The molecule has 1 aliphatic rings. The number of aliphatic hydroxyl groups is 1. The number of aliphatic hydroxyl groups excluding tert-OH is 1. The lowest BCUT2D eigenvalue weighted by atomic mass is 9.89. The minimum absolute atomic E-state index is 0.121. The molecule has 1 heterocycles. The standard InChI is InChI=1S/C12H15FN2O3/c1-6-3-4-8(9(13)10(6)16)15-5-7(2)11(17)14-12(15)18/h3-6,8-10,16H,1-2H3,(H,14,17,18)/t6-,8+,9-,10+/m0/s1/i1D. The fraction of sp³-hybridized carbons (Fsp3) is 0.500. The summed E-state index contributed by atoms with van der Waals surface area (Å²) in [6, 6.07) is -0.971. The summed E-state index contributed by atoms with van der Waals surface area (Å²) in [7, 11) is 0. The topological polar surface area (TPSA) is 75.1 Å². The largest absolute Gasteiger partial charge is 0.389 e. The third-order valence-electron chi connectivity index (χ3n) is 3.11. The Hall–Kier alpha value is -1.69. The maximum absolute atomic E-state index is 14.1. The molecule has 18 heavy (non-hydrogen) atoms. The van der Waals surface area contributed by atoms with Crippen LogP contribution in [0.3, 0.4) is 0 Å². The van der Waals surface area contributed by atoms with Gasteiger partial charge in [0.05, 0.1) is 12.1 Å². The highest BCUT2D eigenvalue weighted by atomic mass is 19.1. The van der Waals surface area contributed by atoms with Gasteiger partial charge in [-0.05, 0) is 6.92 Å². The van der Waals surface area contributed by atoms with Crippen molar-refractivity contribution in [2.45, 2.75) is 32.1 Å². The van der Waals surface area contributed by atoms with E-state index in [-0.39, 0.29) is 12.5 Å². The van der Waals surface area contributed by atoms with Crippen molar-refractivity contribution in [3.63, 3.8) is 0 Å². The average molecular weight is 255 g/mol. The Morgan fingerprint density at radius 1 is 1.50 bits per heavy atom. The van der Waals surface area contributed by atoms with Crippen LogP contribution in [0, 0.1) is 12.8 Å². The molecule has 0 aliphatic heterocycles. The Bertz CT molecular complexity index is 610. The van der Waals surface area contributed by atoms with E-state index >= 15 is 0 Å². The second-order valence-electron chi connectivity index (χ2n) is 4.45. The zero-order chi connectivity index (χ0) is 14.2. The number of aryl methyl sites for hydroxylation is 1. The molecule has 0 fully saturated rings. The number of hydrogen-bond donors (Lipinski definition) is 2. The summed E-state index contributed by atoms with van der Waals surface area (Å²) in [6.07, 6.45) is 1.24. The highest BCUT2D eigenvalue weighted by molar-refractivity contribution is 5.11. The molecule has 0 bridgehead atoms. The van der Waals surface area contributed by atoms with Crippen molar-refractivity contribution in [3.05, 3.63) is 44.8 Å². The van der Waals surface area contributed by atoms with Crippen molar-refractivity contribution in [2.75, 3.05) is 0 Å². The Morgan fingerprint density at radius 2 is 2.22 bits per heavy atom. The van der Waals surface area contributed by atoms with E-state index < -0.39 is 35.5 Å². The fourth-order valence-corrected chi connectivity index (χ4v) is 1.97. The van der Waals surface area contributed by atoms with Crippen LogP contribution in [0.2, 0.25) is 0 Å². The lowest BCUT2D eigenvalue weighted by Crippen LogP contribution is -2.43. The summed E-state index contributed by atoms with van der Waals surface area (Å²) >= 11 is 0. The van der Waals surface area contributed by atoms with Crippen LogP contribution in [-0.4, -0.2) is 26.9 Å². The van der Waals surface area contributed by atoms with Crippen molar-refractivity contribution in [3.8, 4) is 0 Å². The van der Waals surface area contributed by atoms with Gasteiger partial charge in [0.2, 0.25) is 0 Å². The summed E-state index contributed by atoms with van der Waals surface area (Å²) in [6.45, 7) is 1.39. The molecule has 1 aromatic heterocycles. The third kappa shape index (κ3) is 2.03. The molecule has 2 N–H and O–H groups in total. The number of rotatable bonds is 1. The van der Waals surface area contributed by atoms with E-state index in [9.17, 15) is 19.1 Å². The monoisotopic (exact) mass is 255 g/mol.